The van der Waals surface area contributed by atoms with Crippen molar-refractivity contribution in [1.29, 1.82) is 0 Å². The van der Waals surface area contributed by atoms with Gasteiger partial charge in [0, 0.05) is 37.9 Å². The summed E-state index contributed by atoms with van der Waals surface area (Å²) in [5.41, 5.74) is 11.0. The second kappa shape index (κ2) is 31.3. The van der Waals surface area contributed by atoms with Crippen molar-refractivity contribution in [3.63, 3.8) is 0 Å². The summed E-state index contributed by atoms with van der Waals surface area (Å²) in [6.45, 7) is 4.71. The standard InChI is InChI=1S/C45H72N12O16S3/c1-6-21(2)34-45(73)57-15-8-10-31(57)42(70)55-35(22(3)59)43(71)52-28(36(47)64)19-75-76-20-29(53-37(65)24(11-12-32(46)61)49-40(68)27(18-58)48-23(4)60)44(72)56-14-7-9-30(56)41(69)50-25(13-16-74-5)38(66)51-26(17-33(62)63)39(67)54-34/h21-22,24-31,34-35,58-59H,6-20H2,1-5H3,(H2,46,61)(H2,47,64)(H,48,60)(H,49,68)(H,50,69)(H,51,66)(H,52,71)(H,53,65)(H,54,67)(H,55,70)(H,62,63)/t21-,22+,24-,25-,26-,27-,28-,29-,30-,31-,34-,35-/m0/s1. The number of primary amides is 2. The number of carboxylic acids is 1. The molecular formula is C45H72N12O16S3. The van der Waals surface area contributed by atoms with Crippen LogP contribution in [0.1, 0.15) is 85.5 Å². The number of aliphatic carboxylic acids is 1. The topological polar surface area (TPSA) is 437 Å². The Kier molecular flexibility index (Phi) is 26.5. The summed E-state index contributed by atoms with van der Waals surface area (Å²) < 4.78 is 0. The molecule has 0 aromatic rings. The second-order valence-corrected chi connectivity index (χ2v) is 22.1. The summed E-state index contributed by atoms with van der Waals surface area (Å²) in [6, 6.07) is -14.9. The molecule has 12 amide bonds. The zero-order valence-electron chi connectivity index (χ0n) is 43.0. The maximum Gasteiger partial charge on any atom is 0.305 e. The van der Waals surface area contributed by atoms with Gasteiger partial charge >= 0.3 is 5.97 Å². The van der Waals surface area contributed by atoms with Crippen molar-refractivity contribution in [2.45, 2.75) is 152 Å². The minimum Gasteiger partial charge on any atom is -0.481 e. The van der Waals surface area contributed by atoms with Crippen LogP contribution < -0.4 is 54.0 Å². The zero-order valence-corrected chi connectivity index (χ0v) is 45.4. The lowest BCUT2D eigenvalue weighted by atomic mass is 9.96. The fourth-order valence-electron chi connectivity index (χ4n) is 8.41. The van der Waals surface area contributed by atoms with Crippen molar-refractivity contribution in [2.75, 3.05) is 43.2 Å². The van der Waals surface area contributed by atoms with E-state index in [9.17, 15) is 77.6 Å². The molecule has 3 heterocycles. The van der Waals surface area contributed by atoms with Crippen LogP contribution in [0.15, 0.2) is 0 Å². The number of carboxylic acid groups (broad SMARTS) is 1. The molecule has 3 rings (SSSR count). The normalized spacial score (nSPS) is 26.4. The van der Waals surface area contributed by atoms with Gasteiger partial charge in [-0.25, -0.2) is 0 Å². The van der Waals surface area contributed by atoms with Gasteiger partial charge in [-0.05, 0) is 63.4 Å². The first-order chi connectivity index (χ1) is 35.8. The SMILES string of the molecule is CC[C@H](C)[C@@H]1NC(=O)[C@H](CC(=O)O)NC(=O)[C@H](CCSC)NC(=O)[C@@H]2CCCN2C(=O)[C@@H](NC(=O)[C@H](CCC(N)=O)NC(=O)[C@H](CO)NC(C)=O)CSSC[C@@H](C(N)=O)NC(=O)[C@H]([C@@H](C)O)NC(=O)[C@@H]2CCCN2C1=O. The fourth-order valence-corrected chi connectivity index (χ4v) is 11.2. The highest BCUT2D eigenvalue weighted by Gasteiger charge is 2.44. The Morgan fingerprint density at radius 1 is 0.750 bits per heavy atom. The van der Waals surface area contributed by atoms with Crippen LogP contribution in [0.4, 0.5) is 0 Å². The summed E-state index contributed by atoms with van der Waals surface area (Å²) >= 11 is 1.30. The van der Waals surface area contributed by atoms with Gasteiger partial charge in [-0.3, -0.25) is 62.3 Å². The number of nitrogens with one attached hydrogen (secondary N) is 8. The van der Waals surface area contributed by atoms with Gasteiger partial charge in [-0.1, -0.05) is 41.9 Å². The Bertz CT molecular complexity index is 2160. The number of nitrogens with zero attached hydrogens (tertiary/aromatic N) is 2. The molecule has 0 bridgehead atoms. The Morgan fingerprint density at radius 2 is 1.32 bits per heavy atom. The molecule has 0 unspecified atom stereocenters. The van der Waals surface area contributed by atoms with Gasteiger partial charge in [0.25, 0.3) is 0 Å². The summed E-state index contributed by atoms with van der Waals surface area (Å²) in [7, 11) is 1.78. The molecule has 12 atom stereocenters. The van der Waals surface area contributed by atoms with Gasteiger partial charge in [0.1, 0.15) is 60.4 Å². The Morgan fingerprint density at radius 3 is 1.86 bits per heavy atom. The molecule has 15 N–H and O–H groups in total. The molecular weight excluding hydrogens is 1060 g/mol. The molecule has 31 heteroatoms. The molecule has 3 fully saturated rings. The number of carbonyl (C=O) groups excluding carboxylic acids is 12. The highest BCUT2D eigenvalue weighted by atomic mass is 33.1. The Labute approximate surface area is 451 Å². The number of aliphatic hydroxyl groups excluding tert-OH is 2. The van der Waals surface area contributed by atoms with Crippen molar-refractivity contribution in [1.82, 2.24) is 52.3 Å². The van der Waals surface area contributed by atoms with E-state index in [0.29, 0.717) is 12.8 Å². The first-order valence-electron chi connectivity index (χ1n) is 24.7. The van der Waals surface area contributed by atoms with Crippen molar-refractivity contribution in [3.05, 3.63) is 0 Å². The van der Waals surface area contributed by atoms with Crippen LogP contribution in [0.5, 0.6) is 0 Å². The van der Waals surface area contributed by atoms with Gasteiger partial charge in [-0.15, -0.1) is 0 Å². The first-order valence-corrected chi connectivity index (χ1v) is 28.6. The van der Waals surface area contributed by atoms with E-state index < -0.39 is 175 Å². The average molecular weight is 1130 g/mol. The summed E-state index contributed by atoms with van der Waals surface area (Å²) in [4.78, 5) is 177. The summed E-state index contributed by atoms with van der Waals surface area (Å²) in [5, 5.41) is 50.0. The molecule has 3 aliphatic heterocycles. The van der Waals surface area contributed by atoms with Crippen LogP contribution >= 0.6 is 33.3 Å². The summed E-state index contributed by atoms with van der Waals surface area (Å²) in [6.07, 6.45) is -0.713. The van der Waals surface area contributed by atoms with Crippen LogP contribution in [0, 0.1) is 5.92 Å². The number of aliphatic hydroxyl groups is 2. The fraction of sp³-hybridized carbons (Fsp3) is 0.711. The van der Waals surface area contributed by atoms with E-state index in [1.54, 1.807) is 20.1 Å². The molecule has 426 valence electrons. The minimum atomic E-state index is -1.80. The van der Waals surface area contributed by atoms with Crippen molar-refractivity contribution < 1.29 is 77.6 Å². The predicted octanol–water partition coefficient (Wildman–Crippen LogP) is -5.34. The maximum atomic E-state index is 14.7. The Balaban J connectivity index is 2.14. The molecule has 0 radical (unpaired) electrons. The van der Waals surface area contributed by atoms with E-state index in [-0.39, 0.29) is 56.0 Å². The zero-order chi connectivity index (χ0) is 57.0. The lowest BCUT2D eigenvalue weighted by molar-refractivity contribution is -0.145. The van der Waals surface area contributed by atoms with Gasteiger partial charge < -0.3 is 79.1 Å². The van der Waals surface area contributed by atoms with E-state index in [4.69, 9.17) is 11.5 Å². The van der Waals surface area contributed by atoms with E-state index in [2.05, 4.69) is 42.5 Å². The molecule has 0 aromatic heterocycles. The van der Waals surface area contributed by atoms with Crippen LogP contribution in [0.3, 0.4) is 0 Å². The third-order valence-corrected chi connectivity index (χ3v) is 15.9. The van der Waals surface area contributed by atoms with Crippen molar-refractivity contribution >= 4 is 110 Å². The number of fused-ring (bicyclic) bond motifs is 2. The maximum absolute atomic E-state index is 14.7. The van der Waals surface area contributed by atoms with E-state index in [1.807, 2.05) is 0 Å². The lowest BCUT2D eigenvalue weighted by Crippen LogP contribution is -2.62. The van der Waals surface area contributed by atoms with E-state index >= 15 is 0 Å². The van der Waals surface area contributed by atoms with Crippen molar-refractivity contribution in [2.24, 2.45) is 17.4 Å². The molecule has 3 saturated heterocycles. The van der Waals surface area contributed by atoms with Gasteiger partial charge in [0.15, 0.2) is 0 Å². The Hall–Kier alpha value is -5.92. The smallest absolute Gasteiger partial charge is 0.305 e. The molecule has 28 nitrogen and oxygen atoms in total. The number of amides is 12. The van der Waals surface area contributed by atoms with Crippen LogP contribution in [0.25, 0.3) is 0 Å². The highest BCUT2D eigenvalue weighted by Crippen LogP contribution is 2.27. The molecule has 76 heavy (non-hydrogen) atoms. The first kappa shape index (κ1) is 64.4. The summed E-state index contributed by atoms with van der Waals surface area (Å²) in [5.74, 6) is -13.6. The number of thioether (sulfide) groups is 1. The minimum absolute atomic E-state index is 0.0298. The average Bonchev–Trinajstić information content (AvgIpc) is 4.07. The quantitative estimate of drug-likeness (QED) is 0.0570. The van der Waals surface area contributed by atoms with Crippen molar-refractivity contribution in [3.8, 4) is 0 Å². The number of hydrogen-bond acceptors (Lipinski definition) is 18. The molecule has 0 spiro atoms. The van der Waals surface area contributed by atoms with E-state index in [0.717, 1.165) is 33.4 Å². The van der Waals surface area contributed by atoms with Crippen LogP contribution in [0.2, 0.25) is 0 Å². The third-order valence-electron chi connectivity index (χ3n) is 12.8. The lowest BCUT2D eigenvalue weighted by Gasteiger charge is -2.33. The van der Waals surface area contributed by atoms with Crippen LogP contribution in [-0.2, 0) is 62.3 Å². The largest absolute Gasteiger partial charge is 0.481 e. The number of rotatable bonds is 18. The predicted molar refractivity (Wildman–Crippen MR) is 277 cm³/mol. The van der Waals surface area contributed by atoms with Gasteiger partial charge in [0.2, 0.25) is 70.9 Å². The number of nitrogens with two attached hydrogens (primary N) is 2. The van der Waals surface area contributed by atoms with Gasteiger partial charge in [0.05, 0.1) is 19.1 Å². The third kappa shape index (κ3) is 19.3. The molecule has 3 aliphatic rings. The second-order valence-electron chi connectivity index (χ2n) is 18.6. The molecule has 0 aliphatic carbocycles. The molecule has 0 saturated carbocycles. The number of carbonyl (C=O) groups is 13. The van der Waals surface area contributed by atoms with E-state index in [1.165, 1.54) is 23.6 Å². The van der Waals surface area contributed by atoms with Gasteiger partial charge in [-0.2, -0.15) is 11.8 Å². The number of hydrogen-bond donors (Lipinski definition) is 13. The van der Waals surface area contributed by atoms with Crippen LogP contribution in [-0.4, -0.2) is 212 Å². The molecule has 0 aromatic carbocycles. The highest BCUT2D eigenvalue weighted by molar-refractivity contribution is 8.76. The monoisotopic (exact) mass is 1130 g/mol.